The zero-order valence-electron chi connectivity index (χ0n) is 8.38. The molecular weight excluding hydrogens is 195 g/mol. The number of halogens is 1. The Kier molecular flexibility index (Phi) is 4.30. The van der Waals surface area contributed by atoms with Gasteiger partial charge in [-0.2, -0.15) is 4.39 Å². The topological polar surface area (TPSA) is 42.0 Å². The van der Waals surface area contributed by atoms with Gasteiger partial charge in [0.2, 0.25) is 5.95 Å². The maximum Gasteiger partial charge on any atom is 0.251 e. The molecule has 1 amide bonds. The summed E-state index contributed by atoms with van der Waals surface area (Å²) in [4.78, 5) is 14.8. The van der Waals surface area contributed by atoms with Crippen LogP contribution in [0, 0.1) is 17.8 Å². The molecule has 1 aromatic rings. The number of pyridine rings is 1. The summed E-state index contributed by atoms with van der Waals surface area (Å²) in [6.07, 6.45) is 1.85. The molecule has 3 nitrogen and oxygen atoms in total. The van der Waals surface area contributed by atoms with Crippen LogP contribution in [-0.4, -0.2) is 17.4 Å². The van der Waals surface area contributed by atoms with Gasteiger partial charge >= 0.3 is 0 Å². The van der Waals surface area contributed by atoms with Crippen molar-refractivity contribution in [3.63, 3.8) is 0 Å². The second-order valence-electron chi connectivity index (χ2n) is 2.80. The van der Waals surface area contributed by atoms with Crippen molar-refractivity contribution in [3.8, 4) is 11.8 Å². The third kappa shape index (κ3) is 3.77. The van der Waals surface area contributed by atoms with Gasteiger partial charge in [0.1, 0.15) is 0 Å². The summed E-state index contributed by atoms with van der Waals surface area (Å²) in [7, 11) is 0. The van der Waals surface area contributed by atoms with E-state index in [-0.39, 0.29) is 11.5 Å². The van der Waals surface area contributed by atoms with Crippen molar-refractivity contribution in [3.05, 3.63) is 29.8 Å². The van der Waals surface area contributed by atoms with Crippen LogP contribution < -0.4 is 5.32 Å². The Balaban J connectivity index is 2.49. The number of aromatic nitrogens is 1. The molecule has 1 N–H and O–H groups in total. The molecule has 1 aromatic heterocycles. The standard InChI is InChI=1S/C11H11FN2O/c1-2-3-4-6-14-11(15)9-5-7-13-10(12)8-9/h5,7-8H,4,6H2,1H3,(H,14,15). The van der Waals surface area contributed by atoms with Crippen LogP contribution in [0.3, 0.4) is 0 Å². The first-order chi connectivity index (χ1) is 7.24. The molecule has 0 unspecified atom stereocenters. The van der Waals surface area contributed by atoms with Crippen molar-refractivity contribution in [2.45, 2.75) is 13.3 Å². The lowest BCUT2D eigenvalue weighted by Crippen LogP contribution is -2.24. The van der Waals surface area contributed by atoms with Gasteiger partial charge in [-0.25, -0.2) is 4.98 Å². The van der Waals surface area contributed by atoms with E-state index >= 15 is 0 Å². The lowest BCUT2D eigenvalue weighted by Gasteiger charge is -2.02. The summed E-state index contributed by atoms with van der Waals surface area (Å²) >= 11 is 0. The van der Waals surface area contributed by atoms with E-state index in [9.17, 15) is 9.18 Å². The van der Waals surface area contributed by atoms with Gasteiger partial charge in [-0.05, 0) is 13.0 Å². The second-order valence-corrected chi connectivity index (χ2v) is 2.80. The summed E-state index contributed by atoms with van der Waals surface area (Å²) in [6, 6.07) is 2.56. The Bertz CT molecular complexity index is 407. The van der Waals surface area contributed by atoms with Crippen molar-refractivity contribution in [2.24, 2.45) is 0 Å². The van der Waals surface area contributed by atoms with E-state index in [0.717, 1.165) is 6.07 Å². The minimum absolute atomic E-state index is 0.270. The van der Waals surface area contributed by atoms with Crippen molar-refractivity contribution in [1.29, 1.82) is 0 Å². The highest BCUT2D eigenvalue weighted by molar-refractivity contribution is 5.93. The zero-order chi connectivity index (χ0) is 11.1. The Morgan fingerprint density at radius 1 is 1.67 bits per heavy atom. The minimum Gasteiger partial charge on any atom is -0.351 e. The maximum absolute atomic E-state index is 12.7. The number of carbonyl (C=O) groups excluding carboxylic acids is 1. The van der Waals surface area contributed by atoms with E-state index in [2.05, 4.69) is 22.1 Å². The lowest BCUT2D eigenvalue weighted by atomic mass is 10.2. The highest BCUT2D eigenvalue weighted by Gasteiger charge is 2.05. The number of hydrogen-bond acceptors (Lipinski definition) is 2. The first kappa shape index (κ1) is 11.2. The number of hydrogen-bond donors (Lipinski definition) is 1. The Labute approximate surface area is 87.7 Å². The first-order valence-electron chi connectivity index (χ1n) is 4.53. The van der Waals surface area contributed by atoms with Gasteiger partial charge in [0.05, 0.1) is 0 Å². The van der Waals surface area contributed by atoms with E-state index in [1.807, 2.05) is 0 Å². The smallest absolute Gasteiger partial charge is 0.251 e. The SMILES string of the molecule is CC#CCCNC(=O)c1ccnc(F)c1. The first-order valence-corrected chi connectivity index (χ1v) is 4.53. The van der Waals surface area contributed by atoms with E-state index in [4.69, 9.17) is 0 Å². The van der Waals surface area contributed by atoms with Crippen LogP contribution in [0.5, 0.6) is 0 Å². The van der Waals surface area contributed by atoms with Crippen molar-refractivity contribution in [1.82, 2.24) is 10.3 Å². The molecule has 0 radical (unpaired) electrons. The fourth-order valence-corrected chi connectivity index (χ4v) is 1.01. The van der Waals surface area contributed by atoms with Crippen molar-refractivity contribution < 1.29 is 9.18 Å². The Hall–Kier alpha value is -1.89. The van der Waals surface area contributed by atoms with Gasteiger partial charge < -0.3 is 5.32 Å². The Morgan fingerprint density at radius 2 is 2.47 bits per heavy atom. The van der Waals surface area contributed by atoms with Gasteiger partial charge in [0.25, 0.3) is 5.91 Å². The van der Waals surface area contributed by atoms with Gasteiger partial charge in [0, 0.05) is 30.8 Å². The number of nitrogens with zero attached hydrogens (tertiary/aromatic N) is 1. The minimum atomic E-state index is -0.656. The normalized spacial score (nSPS) is 8.93. The van der Waals surface area contributed by atoms with Crippen LogP contribution in [0.15, 0.2) is 18.3 Å². The van der Waals surface area contributed by atoms with E-state index < -0.39 is 5.95 Å². The van der Waals surface area contributed by atoms with Gasteiger partial charge in [-0.1, -0.05) is 0 Å². The zero-order valence-corrected chi connectivity index (χ0v) is 8.38. The average molecular weight is 206 g/mol. The monoisotopic (exact) mass is 206 g/mol. The summed E-state index contributed by atoms with van der Waals surface area (Å²) in [5.41, 5.74) is 0.270. The van der Waals surface area contributed by atoms with Crippen LogP contribution in [0.2, 0.25) is 0 Å². The quantitative estimate of drug-likeness (QED) is 0.461. The number of amides is 1. The molecule has 0 spiro atoms. The average Bonchev–Trinajstić information content (AvgIpc) is 2.24. The largest absolute Gasteiger partial charge is 0.351 e. The van der Waals surface area contributed by atoms with E-state index in [1.165, 1.54) is 12.3 Å². The van der Waals surface area contributed by atoms with Crippen LogP contribution >= 0.6 is 0 Å². The molecule has 0 aliphatic rings. The van der Waals surface area contributed by atoms with Crippen molar-refractivity contribution >= 4 is 5.91 Å². The van der Waals surface area contributed by atoms with Gasteiger partial charge in [-0.15, -0.1) is 11.8 Å². The molecule has 0 atom stereocenters. The molecule has 0 fully saturated rings. The molecule has 0 aliphatic heterocycles. The van der Waals surface area contributed by atoms with Crippen LogP contribution in [-0.2, 0) is 0 Å². The van der Waals surface area contributed by atoms with Crippen LogP contribution in [0.1, 0.15) is 23.7 Å². The molecule has 4 heteroatoms. The predicted octanol–water partition coefficient (Wildman–Crippen LogP) is 1.36. The van der Waals surface area contributed by atoms with Crippen LogP contribution in [0.25, 0.3) is 0 Å². The molecule has 0 saturated heterocycles. The second kappa shape index (κ2) is 5.76. The summed E-state index contributed by atoms with van der Waals surface area (Å²) in [5.74, 6) is 4.57. The van der Waals surface area contributed by atoms with Crippen molar-refractivity contribution in [2.75, 3.05) is 6.54 Å². The van der Waals surface area contributed by atoms with Gasteiger partial charge in [0.15, 0.2) is 0 Å². The molecular formula is C11H11FN2O. The number of nitrogens with one attached hydrogen (secondary N) is 1. The summed E-state index contributed by atoms with van der Waals surface area (Å²) < 4.78 is 12.7. The molecule has 0 aliphatic carbocycles. The fraction of sp³-hybridized carbons (Fsp3) is 0.273. The molecule has 78 valence electrons. The third-order valence-electron chi connectivity index (χ3n) is 1.70. The third-order valence-corrected chi connectivity index (χ3v) is 1.70. The molecule has 1 heterocycles. The summed E-state index contributed by atoms with van der Waals surface area (Å²) in [5, 5.41) is 2.63. The molecule has 0 bridgehead atoms. The highest BCUT2D eigenvalue weighted by atomic mass is 19.1. The number of rotatable bonds is 3. The Morgan fingerprint density at radius 3 is 3.13 bits per heavy atom. The van der Waals surface area contributed by atoms with E-state index in [1.54, 1.807) is 6.92 Å². The van der Waals surface area contributed by atoms with Gasteiger partial charge in [-0.3, -0.25) is 4.79 Å². The highest BCUT2D eigenvalue weighted by Crippen LogP contribution is 1.99. The summed E-state index contributed by atoms with van der Waals surface area (Å²) in [6.45, 7) is 2.20. The van der Waals surface area contributed by atoms with Crippen LogP contribution in [0.4, 0.5) is 4.39 Å². The molecule has 1 rings (SSSR count). The predicted molar refractivity (Wildman–Crippen MR) is 54.6 cm³/mol. The fourth-order valence-electron chi connectivity index (χ4n) is 1.01. The van der Waals surface area contributed by atoms with E-state index in [0.29, 0.717) is 13.0 Å². The molecule has 0 saturated carbocycles. The molecule has 0 aromatic carbocycles. The maximum atomic E-state index is 12.7. The number of carbonyl (C=O) groups is 1. The molecule has 15 heavy (non-hydrogen) atoms. The lowest BCUT2D eigenvalue weighted by molar-refractivity contribution is 0.0954.